The first-order chi connectivity index (χ1) is 17.2. The van der Waals surface area contributed by atoms with Crippen molar-refractivity contribution in [2.45, 2.75) is 27.2 Å². The van der Waals surface area contributed by atoms with Crippen LogP contribution in [0.1, 0.15) is 31.4 Å². The average Bonchev–Trinajstić information content (AvgIpc) is 2.84. The maximum atomic E-state index is 14.6. The van der Waals surface area contributed by atoms with Crippen molar-refractivity contribution in [3.8, 4) is 11.3 Å². The van der Waals surface area contributed by atoms with E-state index in [0.29, 0.717) is 33.0 Å². The molecule has 4 aromatic carbocycles. The molecule has 0 spiro atoms. The summed E-state index contributed by atoms with van der Waals surface area (Å²) >= 11 is 0. The standard InChI is InChI=1S/C25H15F3N.C5H8O2.Ir/c1-14-6-7-18-19-10-11-29-24(21(19)9-8-20(18)23(14)26)16-12-15-4-2-3-5-17(15)22(13-16)25(27)28;1-4(6)3-5(2)7;/h2-11,13,25H,1H3;3,6H,1-2H3;/q-1;;/b;4-3-;. The molecule has 3 nitrogen and oxygen atoms in total. The second-order valence-electron chi connectivity index (χ2n) is 8.49. The van der Waals surface area contributed by atoms with Crippen LogP contribution in [0.3, 0.4) is 0 Å². The monoisotopic (exact) mass is 679 g/mol. The molecule has 0 fully saturated rings. The van der Waals surface area contributed by atoms with E-state index in [1.165, 1.54) is 26.0 Å². The van der Waals surface area contributed by atoms with E-state index in [4.69, 9.17) is 5.11 Å². The van der Waals surface area contributed by atoms with E-state index in [1.54, 1.807) is 55.6 Å². The number of pyridine rings is 1. The third kappa shape index (κ3) is 5.90. The number of aryl methyl sites for hydroxylation is 1. The van der Waals surface area contributed by atoms with E-state index in [0.717, 1.165) is 16.2 Å². The first-order valence-corrected chi connectivity index (χ1v) is 11.2. The molecule has 5 rings (SSSR count). The fourth-order valence-corrected chi connectivity index (χ4v) is 4.22. The molecule has 0 unspecified atom stereocenters. The van der Waals surface area contributed by atoms with Gasteiger partial charge in [-0.2, -0.15) is 0 Å². The number of carbonyl (C=O) groups is 1. The Morgan fingerprint density at radius 3 is 2.24 bits per heavy atom. The molecule has 0 aliphatic heterocycles. The van der Waals surface area contributed by atoms with Gasteiger partial charge in [-0.25, -0.2) is 13.2 Å². The normalized spacial score (nSPS) is 11.4. The summed E-state index contributed by atoms with van der Waals surface area (Å²) in [6.07, 6.45) is 0.182. The molecule has 1 aromatic heterocycles. The number of benzene rings is 4. The molecule has 0 saturated heterocycles. The summed E-state index contributed by atoms with van der Waals surface area (Å²) in [4.78, 5) is 14.5. The zero-order chi connectivity index (χ0) is 26.0. The molecule has 0 aliphatic rings. The molecule has 1 heterocycles. The third-order valence-corrected chi connectivity index (χ3v) is 5.78. The van der Waals surface area contributed by atoms with E-state index < -0.39 is 6.43 Å². The molecule has 191 valence electrons. The Labute approximate surface area is 226 Å². The fourth-order valence-electron chi connectivity index (χ4n) is 4.22. The van der Waals surface area contributed by atoms with Gasteiger partial charge in [-0.15, -0.1) is 23.6 Å². The fraction of sp³-hybridized carbons (Fsp3) is 0.133. The van der Waals surface area contributed by atoms with Gasteiger partial charge in [0.2, 0.25) is 0 Å². The number of hydrogen-bond acceptors (Lipinski definition) is 3. The number of aliphatic hydroxyl groups excluding tert-OH is 1. The van der Waals surface area contributed by atoms with Crippen molar-refractivity contribution in [3.05, 3.63) is 102 Å². The number of aromatic nitrogens is 1. The largest absolute Gasteiger partial charge is 0.512 e. The molecule has 0 saturated carbocycles. The number of carbonyl (C=O) groups excluding carboxylic acids is 1. The van der Waals surface area contributed by atoms with Gasteiger partial charge in [-0.05, 0) is 54.1 Å². The van der Waals surface area contributed by atoms with Crippen LogP contribution in [-0.4, -0.2) is 15.9 Å². The maximum Gasteiger partial charge on any atom is 0.251 e. The molecular weight excluding hydrogens is 656 g/mol. The Hall–Kier alpha value is -3.54. The van der Waals surface area contributed by atoms with Gasteiger partial charge in [0.25, 0.3) is 6.43 Å². The minimum Gasteiger partial charge on any atom is -0.512 e. The Kier molecular flexibility index (Phi) is 8.85. The number of allylic oxidation sites excluding steroid dienone is 2. The molecule has 1 radical (unpaired) electrons. The summed E-state index contributed by atoms with van der Waals surface area (Å²) < 4.78 is 42.0. The number of halogens is 3. The second-order valence-corrected chi connectivity index (χ2v) is 8.49. The molecule has 37 heavy (non-hydrogen) atoms. The van der Waals surface area contributed by atoms with Crippen LogP contribution in [0.2, 0.25) is 0 Å². The van der Waals surface area contributed by atoms with Crippen molar-refractivity contribution < 1.29 is 43.2 Å². The number of aliphatic hydroxyl groups is 1. The van der Waals surface area contributed by atoms with Gasteiger partial charge >= 0.3 is 0 Å². The predicted octanol–water partition coefficient (Wildman–Crippen LogP) is 8.43. The molecule has 0 bridgehead atoms. The van der Waals surface area contributed by atoms with Gasteiger partial charge < -0.3 is 5.11 Å². The molecule has 1 N–H and O–H groups in total. The summed E-state index contributed by atoms with van der Waals surface area (Å²) in [5.74, 6) is -0.312. The van der Waals surface area contributed by atoms with Gasteiger partial charge in [-0.3, -0.25) is 9.78 Å². The van der Waals surface area contributed by atoms with Crippen LogP contribution in [0, 0.1) is 18.8 Å². The van der Waals surface area contributed by atoms with Gasteiger partial charge in [0.05, 0.1) is 5.76 Å². The molecule has 0 aliphatic carbocycles. The van der Waals surface area contributed by atoms with Crippen molar-refractivity contribution in [1.29, 1.82) is 0 Å². The summed E-state index contributed by atoms with van der Waals surface area (Å²) in [6.45, 7) is 4.58. The van der Waals surface area contributed by atoms with Crippen molar-refractivity contribution in [1.82, 2.24) is 4.98 Å². The number of hydrogen-bond donors (Lipinski definition) is 1. The van der Waals surface area contributed by atoms with E-state index in [9.17, 15) is 18.0 Å². The number of alkyl halides is 2. The predicted molar refractivity (Wildman–Crippen MR) is 138 cm³/mol. The van der Waals surface area contributed by atoms with Crippen molar-refractivity contribution in [2.75, 3.05) is 0 Å². The van der Waals surface area contributed by atoms with Crippen LogP contribution in [-0.2, 0) is 24.9 Å². The average molecular weight is 679 g/mol. The second kappa shape index (κ2) is 11.7. The first kappa shape index (κ1) is 28.0. The molecular formula is C30H23F3IrNO2-. The Balaban J connectivity index is 0.000000422. The number of ketones is 1. The Morgan fingerprint density at radius 2 is 1.59 bits per heavy atom. The molecule has 0 atom stereocenters. The Bertz CT molecular complexity index is 1640. The third-order valence-electron chi connectivity index (χ3n) is 5.78. The zero-order valence-corrected chi connectivity index (χ0v) is 22.7. The van der Waals surface area contributed by atoms with Gasteiger partial charge in [0.1, 0.15) is 5.82 Å². The molecule has 7 heteroatoms. The minimum atomic E-state index is -2.61. The smallest absolute Gasteiger partial charge is 0.251 e. The molecule has 5 aromatic rings. The van der Waals surface area contributed by atoms with Crippen LogP contribution in [0.5, 0.6) is 0 Å². The zero-order valence-electron chi connectivity index (χ0n) is 20.3. The van der Waals surface area contributed by atoms with E-state index in [1.807, 2.05) is 12.1 Å². The summed E-state index contributed by atoms with van der Waals surface area (Å²) in [6, 6.07) is 20.6. The van der Waals surface area contributed by atoms with E-state index in [-0.39, 0.29) is 43.0 Å². The van der Waals surface area contributed by atoms with Crippen LogP contribution < -0.4 is 0 Å². The number of rotatable bonds is 3. The summed E-state index contributed by atoms with van der Waals surface area (Å²) in [5.41, 5.74) is 1.58. The number of fused-ring (bicyclic) bond motifs is 4. The first-order valence-electron chi connectivity index (χ1n) is 11.2. The number of nitrogens with zero attached hydrogens (tertiary/aromatic N) is 1. The summed E-state index contributed by atoms with van der Waals surface area (Å²) in [7, 11) is 0. The van der Waals surface area contributed by atoms with Crippen LogP contribution in [0.25, 0.3) is 43.6 Å². The van der Waals surface area contributed by atoms with Crippen LogP contribution in [0.15, 0.2) is 78.7 Å². The van der Waals surface area contributed by atoms with E-state index >= 15 is 0 Å². The van der Waals surface area contributed by atoms with Crippen molar-refractivity contribution >= 4 is 38.1 Å². The quantitative estimate of drug-likeness (QED) is 0.0903. The maximum absolute atomic E-state index is 14.6. The van der Waals surface area contributed by atoms with Crippen molar-refractivity contribution in [2.24, 2.45) is 0 Å². The topological polar surface area (TPSA) is 50.2 Å². The van der Waals surface area contributed by atoms with Gasteiger partial charge in [0, 0.05) is 43.5 Å². The van der Waals surface area contributed by atoms with Crippen molar-refractivity contribution in [3.63, 3.8) is 0 Å². The minimum absolute atomic E-state index is 0. The van der Waals surface area contributed by atoms with Gasteiger partial charge in [-0.1, -0.05) is 53.4 Å². The van der Waals surface area contributed by atoms with E-state index in [2.05, 4.69) is 11.1 Å². The summed E-state index contributed by atoms with van der Waals surface area (Å²) in [5, 5.41) is 12.4. The SMILES string of the molecule is CC(=O)/C=C(/C)O.Cc1ccc2c(ccc3c(-c4[c-]c5ccccc5c(C(F)F)c4)nccc32)c1F.[Ir]. The van der Waals surface area contributed by atoms with Crippen LogP contribution >= 0.6 is 0 Å². The molecule has 0 amide bonds. The van der Waals surface area contributed by atoms with Crippen LogP contribution in [0.4, 0.5) is 13.2 Å². The Morgan fingerprint density at radius 1 is 0.946 bits per heavy atom. The van der Waals surface area contributed by atoms with Gasteiger partial charge in [0.15, 0.2) is 5.78 Å².